The lowest BCUT2D eigenvalue weighted by Crippen LogP contribution is -2.39. The van der Waals surface area contributed by atoms with Gasteiger partial charge in [0.1, 0.15) is 11.2 Å². The van der Waals surface area contributed by atoms with Gasteiger partial charge in [-0.1, -0.05) is 30.3 Å². The van der Waals surface area contributed by atoms with Crippen molar-refractivity contribution in [1.29, 1.82) is 0 Å². The highest BCUT2D eigenvalue weighted by molar-refractivity contribution is 7.15. The Bertz CT molecular complexity index is 1740. The number of fused-ring (bicyclic) bond motifs is 3. The second-order valence-corrected chi connectivity index (χ2v) is 11.4. The third kappa shape index (κ3) is 4.94. The summed E-state index contributed by atoms with van der Waals surface area (Å²) in [5.41, 5.74) is 2.87. The van der Waals surface area contributed by atoms with Gasteiger partial charge in [0, 0.05) is 48.6 Å². The summed E-state index contributed by atoms with van der Waals surface area (Å²) in [5, 5.41) is 11.8. The van der Waals surface area contributed by atoms with Crippen LogP contribution in [0.1, 0.15) is 44.3 Å². The van der Waals surface area contributed by atoms with Crippen LogP contribution < -0.4 is 16.0 Å². The van der Waals surface area contributed by atoms with Gasteiger partial charge in [-0.05, 0) is 43.0 Å². The minimum Gasteiger partial charge on any atom is -0.324 e. The number of thiazole rings is 1. The number of para-hydroxylation sites is 1. The van der Waals surface area contributed by atoms with Crippen molar-refractivity contribution >= 4 is 56.0 Å². The number of carbonyl (C=O) groups excluding carboxylic acids is 2. The first kappa shape index (κ1) is 24.8. The molecule has 3 aromatic heterocycles. The number of rotatable bonds is 6. The number of anilines is 2. The maximum absolute atomic E-state index is 13.3. The van der Waals surface area contributed by atoms with E-state index in [4.69, 9.17) is 4.98 Å². The second kappa shape index (κ2) is 10.4. The van der Waals surface area contributed by atoms with Gasteiger partial charge < -0.3 is 10.3 Å². The molecule has 7 rings (SSSR count). The average molecular weight is 553 g/mol. The number of benzene rings is 2. The van der Waals surface area contributed by atoms with E-state index in [9.17, 15) is 9.59 Å². The van der Waals surface area contributed by atoms with E-state index in [0.717, 1.165) is 49.1 Å². The predicted octanol–water partition coefficient (Wildman–Crippen LogP) is 4.18. The number of H-pyrrole nitrogens is 1. The number of aromatic amines is 1. The van der Waals surface area contributed by atoms with Gasteiger partial charge >= 0.3 is 0 Å². The van der Waals surface area contributed by atoms with Gasteiger partial charge in [-0.25, -0.2) is 9.97 Å². The Morgan fingerprint density at radius 3 is 2.83 bits per heavy atom. The molecule has 5 heterocycles. The normalized spacial score (nSPS) is 17.2. The standard InChI is InChI=1S/C29H28N8O2S/c38-26(36-29-33-21-10-12-37(16-24(21)40-29)15-19-7-4-11-30-19)20-8-3-9-22-25(20)34-28(32-22)35-27(39)23-13-17-5-1-2-6-18(17)14-31-23/h1-3,5-6,8-9,13-14,19,30H,4,7,10-12,15-16H2,(H,33,36,38)(H2,32,34,35,39)/t19-/m0/s1. The monoisotopic (exact) mass is 552 g/mol. The molecule has 2 amide bonds. The molecule has 0 bridgehead atoms. The van der Waals surface area contributed by atoms with Crippen LogP contribution in [-0.4, -0.2) is 62.3 Å². The van der Waals surface area contributed by atoms with Crippen LogP contribution in [0.3, 0.4) is 0 Å². The Morgan fingerprint density at radius 2 is 1.95 bits per heavy atom. The smallest absolute Gasteiger partial charge is 0.276 e. The van der Waals surface area contributed by atoms with Crippen LogP contribution in [0, 0.1) is 0 Å². The molecule has 1 atom stereocenters. The lowest BCUT2D eigenvalue weighted by Gasteiger charge is -2.28. The molecule has 10 nitrogen and oxygen atoms in total. The van der Waals surface area contributed by atoms with Gasteiger partial charge in [-0.2, -0.15) is 0 Å². The second-order valence-electron chi connectivity index (χ2n) is 10.3. The molecular weight excluding hydrogens is 524 g/mol. The van der Waals surface area contributed by atoms with Crippen LogP contribution in [0.15, 0.2) is 54.7 Å². The summed E-state index contributed by atoms with van der Waals surface area (Å²) in [7, 11) is 0. The van der Waals surface area contributed by atoms with Crippen LogP contribution in [0.2, 0.25) is 0 Å². The zero-order valence-corrected chi connectivity index (χ0v) is 22.6. The highest BCUT2D eigenvalue weighted by Gasteiger charge is 2.25. The maximum Gasteiger partial charge on any atom is 0.276 e. The van der Waals surface area contributed by atoms with Gasteiger partial charge in [-0.15, -0.1) is 11.3 Å². The van der Waals surface area contributed by atoms with Crippen molar-refractivity contribution in [1.82, 2.24) is 30.2 Å². The van der Waals surface area contributed by atoms with Crippen LogP contribution in [0.4, 0.5) is 11.1 Å². The fraction of sp³-hybridized carbons (Fsp3) is 0.276. The summed E-state index contributed by atoms with van der Waals surface area (Å²) in [6, 6.07) is 15.4. The molecule has 0 spiro atoms. The number of carbonyl (C=O) groups is 2. The Labute approximate surface area is 234 Å². The molecule has 2 aliphatic rings. The summed E-state index contributed by atoms with van der Waals surface area (Å²) in [4.78, 5) is 46.5. The third-order valence-electron chi connectivity index (χ3n) is 7.52. The molecule has 0 saturated carbocycles. The number of pyridine rings is 1. The molecule has 4 N–H and O–H groups in total. The van der Waals surface area contributed by atoms with Crippen LogP contribution >= 0.6 is 11.3 Å². The Morgan fingerprint density at radius 1 is 1.05 bits per heavy atom. The van der Waals surface area contributed by atoms with E-state index >= 15 is 0 Å². The summed E-state index contributed by atoms with van der Waals surface area (Å²) in [5.74, 6) is -0.428. The van der Waals surface area contributed by atoms with E-state index in [1.54, 1.807) is 35.7 Å². The van der Waals surface area contributed by atoms with Crippen molar-refractivity contribution in [3.05, 3.63) is 76.6 Å². The highest BCUT2D eigenvalue weighted by Crippen LogP contribution is 2.30. The first-order valence-corrected chi connectivity index (χ1v) is 14.3. The lowest BCUT2D eigenvalue weighted by molar-refractivity contribution is 0.101. The predicted molar refractivity (Wildman–Crippen MR) is 156 cm³/mol. The molecule has 0 aliphatic carbocycles. The molecule has 2 aromatic carbocycles. The quantitative estimate of drug-likeness (QED) is 0.249. The third-order valence-corrected chi connectivity index (χ3v) is 8.52. The first-order valence-electron chi connectivity index (χ1n) is 13.5. The molecule has 40 heavy (non-hydrogen) atoms. The van der Waals surface area contributed by atoms with Crippen LogP contribution in [0.5, 0.6) is 0 Å². The maximum atomic E-state index is 13.3. The Kier molecular flexibility index (Phi) is 6.46. The SMILES string of the molecule is O=C(Nc1nc2c(C(=O)Nc3nc4c(s3)CN(C[C@@H]3CCCN3)CC4)cccc2[nH]1)c1cc2ccccc2cn1. The number of amides is 2. The molecule has 11 heteroatoms. The minimum atomic E-state index is -0.387. The van der Waals surface area contributed by atoms with Crippen molar-refractivity contribution in [2.75, 3.05) is 30.3 Å². The number of nitrogens with one attached hydrogen (secondary N) is 4. The molecule has 202 valence electrons. The summed E-state index contributed by atoms with van der Waals surface area (Å²) >= 11 is 1.54. The fourth-order valence-electron chi connectivity index (χ4n) is 5.50. The van der Waals surface area contributed by atoms with Crippen molar-refractivity contribution in [3.8, 4) is 0 Å². The molecule has 0 unspecified atom stereocenters. The highest BCUT2D eigenvalue weighted by atomic mass is 32.1. The van der Waals surface area contributed by atoms with E-state index in [-0.39, 0.29) is 23.5 Å². The van der Waals surface area contributed by atoms with E-state index in [0.29, 0.717) is 27.8 Å². The Hall–Kier alpha value is -4.19. The van der Waals surface area contributed by atoms with Gasteiger partial charge in [0.15, 0.2) is 5.13 Å². The topological polar surface area (TPSA) is 128 Å². The van der Waals surface area contributed by atoms with E-state index in [2.05, 4.69) is 35.8 Å². The fourth-order valence-corrected chi connectivity index (χ4v) is 6.55. The van der Waals surface area contributed by atoms with Crippen molar-refractivity contribution in [2.45, 2.75) is 31.8 Å². The molecular formula is C29H28N8O2S. The molecule has 0 radical (unpaired) electrons. The van der Waals surface area contributed by atoms with Gasteiger partial charge in [0.05, 0.1) is 16.8 Å². The molecule has 1 saturated heterocycles. The van der Waals surface area contributed by atoms with Crippen molar-refractivity contribution < 1.29 is 9.59 Å². The van der Waals surface area contributed by atoms with Gasteiger partial charge in [-0.3, -0.25) is 30.1 Å². The van der Waals surface area contributed by atoms with Crippen molar-refractivity contribution in [3.63, 3.8) is 0 Å². The zero-order chi connectivity index (χ0) is 27.1. The average Bonchev–Trinajstić information content (AvgIpc) is 3.72. The summed E-state index contributed by atoms with van der Waals surface area (Å²) in [6.45, 7) is 4.01. The van der Waals surface area contributed by atoms with E-state index in [1.165, 1.54) is 17.7 Å². The van der Waals surface area contributed by atoms with E-state index in [1.807, 2.05) is 30.3 Å². The molecule has 1 fully saturated rings. The number of nitrogens with zero attached hydrogens (tertiary/aromatic N) is 4. The van der Waals surface area contributed by atoms with Crippen LogP contribution in [-0.2, 0) is 13.0 Å². The number of hydrogen-bond acceptors (Lipinski definition) is 8. The lowest BCUT2D eigenvalue weighted by atomic mass is 10.1. The minimum absolute atomic E-state index is 0.247. The van der Waals surface area contributed by atoms with Gasteiger partial charge in [0.2, 0.25) is 5.95 Å². The zero-order valence-electron chi connectivity index (χ0n) is 21.7. The summed E-state index contributed by atoms with van der Waals surface area (Å²) < 4.78 is 0. The van der Waals surface area contributed by atoms with Crippen molar-refractivity contribution in [2.24, 2.45) is 0 Å². The Balaban J connectivity index is 1.05. The van der Waals surface area contributed by atoms with E-state index < -0.39 is 0 Å². The number of imidazole rings is 1. The number of hydrogen-bond donors (Lipinski definition) is 4. The summed E-state index contributed by atoms with van der Waals surface area (Å²) in [6.07, 6.45) is 5.04. The van der Waals surface area contributed by atoms with Gasteiger partial charge in [0.25, 0.3) is 11.8 Å². The first-order chi connectivity index (χ1) is 19.6. The molecule has 5 aromatic rings. The largest absolute Gasteiger partial charge is 0.324 e. The number of aromatic nitrogens is 4. The molecule has 2 aliphatic heterocycles. The van der Waals surface area contributed by atoms with Crippen LogP contribution in [0.25, 0.3) is 21.8 Å².